The van der Waals surface area contributed by atoms with Gasteiger partial charge in [-0.3, -0.25) is 19.1 Å². The number of rotatable bonds is 11. The van der Waals surface area contributed by atoms with Crippen molar-refractivity contribution in [3.8, 4) is 11.5 Å². The number of fused-ring (bicyclic) bond motifs is 1. The lowest BCUT2D eigenvalue weighted by Crippen LogP contribution is -2.61. The van der Waals surface area contributed by atoms with E-state index in [1.165, 1.54) is 23.1 Å². The fraction of sp³-hybridized carbons (Fsp3) is 0.378. The highest BCUT2D eigenvalue weighted by atomic mass is 35.5. The van der Waals surface area contributed by atoms with E-state index in [4.69, 9.17) is 16.3 Å². The van der Waals surface area contributed by atoms with Gasteiger partial charge in [0.2, 0.25) is 21.8 Å². The van der Waals surface area contributed by atoms with Crippen LogP contribution in [0.25, 0.3) is 0 Å². The summed E-state index contributed by atoms with van der Waals surface area (Å²) in [6.45, 7) is 9.51. The van der Waals surface area contributed by atoms with E-state index in [2.05, 4.69) is 21.9 Å². The summed E-state index contributed by atoms with van der Waals surface area (Å²) in [5, 5.41) is 5.96. The molecule has 10 nitrogen and oxygen atoms in total. The van der Waals surface area contributed by atoms with Crippen molar-refractivity contribution in [1.29, 1.82) is 0 Å². The Labute approximate surface area is 296 Å². The van der Waals surface area contributed by atoms with E-state index in [1.807, 2.05) is 32.9 Å². The van der Waals surface area contributed by atoms with Gasteiger partial charge in [0, 0.05) is 29.6 Å². The van der Waals surface area contributed by atoms with Crippen LogP contribution in [0.1, 0.15) is 51.2 Å². The summed E-state index contributed by atoms with van der Waals surface area (Å²) in [5.41, 5.74) is -0.0833. The van der Waals surface area contributed by atoms with Gasteiger partial charge in [0.05, 0.1) is 5.25 Å². The molecule has 3 aromatic rings. The Bertz CT molecular complexity index is 1950. The van der Waals surface area contributed by atoms with Crippen LogP contribution in [0.15, 0.2) is 79.4 Å². The average Bonchev–Trinajstić information content (AvgIpc) is 3.99. The fourth-order valence-electron chi connectivity index (χ4n) is 6.30. The van der Waals surface area contributed by atoms with Crippen LogP contribution in [-0.2, 0) is 37.4 Å². The summed E-state index contributed by atoms with van der Waals surface area (Å²) in [6.07, 6.45) is 2.71. The SMILES string of the molecule is C=C[C@@H]1CC1(NC(=O)[C@@H]1Cc2cc(Oc3cccc(Cl)c3)ccc2CN1C(=O)[C@@H](Nc1ccc(F)cc1)C(C)(C)C)C(=O)NS(=O)(=O)C1CC1. The molecule has 0 aromatic heterocycles. The number of carbonyl (C=O) groups excluding carboxylic acids is 3. The minimum Gasteiger partial charge on any atom is -0.457 e. The van der Waals surface area contributed by atoms with Crippen molar-refractivity contribution in [1.82, 2.24) is 14.9 Å². The van der Waals surface area contributed by atoms with Gasteiger partial charge in [0.25, 0.3) is 5.91 Å². The number of nitrogens with zero attached hydrogens (tertiary/aromatic N) is 1. The first kappa shape index (κ1) is 35.4. The maximum atomic E-state index is 14.6. The van der Waals surface area contributed by atoms with E-state index in [0.717, 1.165) is 11.1 Å². The van der Waals surface area contributed by atoms with E-state index in [-0.39, 0.29) is 25.3 Å². The highest BCUT2D eigenvalue weighted by molar-refractivity contribution is 7.91. The maximum absolute atomic E-state index is 14.6. The van der Waals surface area contributed by atoms with Crippen molar-refractivity contribution >= 4 is 45.0 Å². The Morgan fingerprint density at radius 1 is 1.04 bits per heavy atom. The largest absolute Gasteiger partial charge is 0.457 e. The molecule has 264 valence electrons. The second-order valence-electron chi connectivity index (χ2n) is 14.3. The normalized spacial score (nSPS) is 22.1. The van der Waals surface area contributed by atoms with E-state index in [0.29, 0.717) is 35.1 Å². The first-order valence-electron chi connectivity index (χ1n) is 16.5. The molecule has 1 unspecified atom stereocenters. The number of anilines is 1. The lowest BCUT2D eigenvalue weighted by atomic mass is 9.84. The summed E-state index contributed by atoms with van der Waals surface area (Å²) < 4.78 is 47.3. The minimum absolute atomic E-state index is 0.0710. The van der Waals surface area contributed by atoms with Gasteiger partial charge in [0.1, 0.15) is 34.9 Å². The zero-order valence-electron chi connectivity index (χ0n) is 28.0. The summed E-state index contributed by atoms with van der Waals surface area (Å²) >= 11 is 6.14. The summed E-state index contributed by atoms with van der Waals surface area (Å²) in [4.78, 5) is 43.9. The smallest absolute Gasteiger partial charge is 0.259 e. The van der Waals surface area contributed by atoms with Crippen LogP contribution in [0.2, 0.25) is 5.02 Å². The second-order valence-corrected chi connectivity index (χ2v) is 16.7. The summed E-state index contributed by atoms with van der Waals surface area (Å²) in [6, 6.07) is 16.1. The molecular weight excluding hydrogens is 683 g/mol. The van der Waals surface area contributed by atoms with Crippen molar-refractivity contribution < 1.29 is 31.9 Å². The molecule has 2 fully saturated rings. The second kappa shape index (κ2) is 13.4. The third kappa shape index (κ3) is 7.51. The third-order valence-corrected chi connectivity index (χ3v) is 11.5. The molecule has 4 atom stereocenters. The first-order chi connectivity index (χ1) is 23.6. The van der Waals surface area contributed by atoms with E-state index in [1.54, 1.807) is 42.5 Å². The van der Waals surface area contributed by atoms with Crippen LogP contribution < -0.4 is 20.1 Å². The number of sulfonamides is 1. The number of nitrogens with one attached hydrogen (secondary N) is 3. The quantitative estimate of drug-likeness (QED) is 0.216. The number of carbonyl (C=O) groups is 3. The molecule has 0 saturated heterocycles. The lowest BCUT2D eigenvalue weighted by Gasteiger charge is -2.41. The predicted molar refractivity (Wildman–Crippen MR) is 189 cm³/mol. The van der Waals surface area contributed by atoms with Gasteiger partial charge < -0.3 is 20.3 Å². The van der Waals surface area contributed by atoms with Crippen LogP contribution in [0.3, 0.4) is 0 Å². The number of halogens is 2. The summed E-state index contributed by atoms with van der Waals surface area (Å²) in [7, 11) is -3.88. The molecule has 0 spiro atoms. The van der Waals surface area contributed by atoms with Gasteiger partial charge in [-0.25, -0.2) is 12.8 Å². The van der Waals surface area contributed by atoms with Crippen LogP contribution in [0.5, 0.6) is 11.5 Å². The molecule has 3 amide bonds. The first-order valence-corrected chi connectivity index (χ1v) is 18.4. The Morgan fingerprint density at radius 3 is 2.36 bits per heavy atom. The van der Waals surface area contributed by atoms with Gasteiger partial charge >= 0.3 is 0 Å². The minimum atomic E-state index is -3.88. The molecule has 2 saturated carbocycles. The highest BCUT2D eigenvalue weighted by Crippen LogP contribution is 2.45. The molecule has 2 aliphatic carbocycles. The van der Waals surface area contributed by atoms with Gasteiger partial charge in [-0.15, -0.1) is 6.58 Å². The molecule has 0 bridgehead atoms. The third-order valence-electron chi connectivity index (χ3n) is 9.44. The van der Waals surface area contributed by atoms with Gasteiger partial charge in [0.15, 0.2) is 0 Å². The number of amides is 3. The lowest BCUT2D eigenvalue weighted by molar-refractivity contribution is -0.145. The molecule has 3 aromatic carbocycles. The van der Waals surface area contributed by atoms with Crippen LogP contribution >= 0.6 is 11.6 Å². The topological polar surface area (TPSA) is 134 Å². The Balaban J connectivity index is 1.32. The van der Waals surface area contributed by atoms with Gasteiger partial charge in [-0.1, -0.05) is 50.6 Å². The Morgan fingerprint density at radius 2 is 1.74 bits per heavy atom. The Kier molecular flexibility index (Phi) is 9.47. The van der Waals surface area contributed by atoms with Gasteiger partial charge in [-0.2, -0.15) is 0 Å². The molecule has 13 heteroatoms. The molecule has 1 aliphatic heterocycles. The fourth-order valence-corrected chi connectivity index (χ4v) is 7.85. The summed E-state index contributed by atoms with van der Waals surface area (Å²) in [5.74, 6) is -1.69. The number of benzene rings is 3. The van der Waals surface area contributed by atoms with Crippen LogP contribution in [0, 0.1) is 17.2 Å². The molecule has 3 aliphatic rings. The Hall–Kier alpha value is -4.42. The highest BCUT2D eigenvalue weighted by Gasteiger charge is 2.61. The number of hydrogen-bond donors (Lipinski definition) is 3. The van der Waals surface area contributed by atoms with Crippen molar-refractivity contribution in [2.75, 3.05) is 5.32 Å². The molecule has 6 rings (SSSR count). The number of ether oxygens (including phenoxy) is 1. The average molecular weight is 723 g/mol. The van der Waals surface area contributed by atoms with Crippen molar-refractivity contribution in [2.24, 2.45) is 11.3 Å². The van der Waals surface area contributed by atoms with Crippen molar-refractivity contribution in [2.45, 2.75) is 75.9 Å². The van der Waals surface area contributed by atoms with Crippen LogP contribution in [0.4, 0.5) is 10.1 Å². The molecule has 1 heterocycles. The molecule has 3 N–H and O–H groups in total. The predicted octanol–water partition coefficient (Wildman–Crippen LogP) is 5.72. The van der Waals surface area contributed by atoms with Crippen molar-refractivity contribution in [3.63, 3.8) is 0 Å². The van der Waals surface area contributed by atoms with Gasteiger partial charge in [-0.05, 0) is 90.4 Å². The molecular formula is C37H40ClFN4O6S. The zero-order valence-corrected chi connectivity index (χ0v) is 29.6. The maximum Gasteiger partial charge on any atom is 0.259 e. The molecule has 50 heavy (non-hydrogen) atoms. The van der Waals surface area contributed by atoms with Crippen LogP contribution in [-0.4, -0.2) is 53.9 Å². The molecule has 0 radical (unpaired) electrons. The number of hydrogen-bond acceptors (Lipinski definition) is 7. The van der Waals surface area contributed by atoms with E-state index in [9.17, 15) is 27.2 Å². The zero-order chi connectivity index (χ0) is 36.0. The van der Waals surface area contributed by atoms with Crippen molar-refractivity contribution in [3.05, 3.63) is 101 Å². The van der Waals surface area contributed by atoms with E-state index < -0.39 is 61.9 Å². The standard InChI is InChI=1S/C37H40ClFN4O6S/c1-5-24-20-37(24,35(46)42-50(47,48)30-15-16-30)41-33(44)31-18-23-17-29(49-28-8-6-7-25(38)19-28)14-9-22(23)21-43(31)34(45)32(36(2,3)4)40-27-12-10-26(39)11-13-27/h5-14,17,19,24,30-32,40H,1,15-16,18,20-21H2,2-4H3,(H,41,44)(H,42,46)/t24-,31+,32-,37?/m1/s1. The monoisotopic (exact) mass is 722 g/mol. The van der Waals surface area contributed by atoms with E-state index >= 15 is 0 Å².